The van der Waals surface area contributed by atoms with Crippen molar-refractivity contribution in [1.82, 2.24) is 9.88 Å². The Hall–Kier alpha value is -4.31. The molecule has 10 nitrogen and oxygen atoms in total. The number of rotatable bonds is 6. The summed E-state index contributed by atoms with van der Waals surface area (Å²) in [6.45, 7) is 4.10. The first kappa shape index (κ1) is 26.7. The van der Waals surface area contributed by atoms with Crippen LogP contribution in [0.5, 0.6) is 23.0 Å². The molecule has 0 fully saturated rings. The lowest BCUT2D eigenvalue weighted by atomic mass is 9.95. The summed E-state index contributed by atoms with van der Waals surface area (Å²) in [5.41, 5.74) is 5.75. The van der Waals surface area contributed by atoms with Crippen molar-refractivity contribution in [1.29, 1.82) is 0 Å². The molecule has 0 spiro atoms. The van der Waals surface area contributed by atoms with Gasteiger partial charge in [-0.2, -0.15) is 0 Å². The predicted octanol–water partition coefficient (Wildman–Crippen LogP) is 4.19. The molecule has 3 N–H and O–H groups in total. The smallest absolute Gasteiger partial charge is 0.336 e. The van der Waals surface area contributed by atoms with Crippen molar-refractivity contribution in [3.8, 4) is 23.0 Å². The minimum Gasteiger partial charge on any atom is -0.493 e. The zero-order valence-corrected chi connectivity index (χ0v) is 22.2. The van der Waals surface area contributed by atoms with Gasteiger partial charge in [0.1, 0.15) is 0 Å². The van der Waals surface area contributed by atoms with Crippen LogP contribution in [0.1, 0.15) is 30.6 Å². The topological polar surface area (TPSA) is 133 Å². The molecule has 200 valence electrons. The maximum atomic E-state index is 12.1. The maximum Gasteiger partial charge on any atom is 0.336 e. The van der Waals surface area contributed by atoms with Crippen molar-refractivity contribution < 1.29 is 33.6 Å². The highest BCUT2D eigenvalue weighted by molar-refractivity contribution is 6.23. The number of carboxylic acid groups (broad SMARTS) is 1. The van der Waals surface area contributed by atoms with E-state index in [0.29, 0.717) is 51.1 Å². The van der Waals surface area contributed by atoms with Gasteiger partial charge in [0, 0.05) is 40.4 Å². The van der Waals surface area contributed by atoms with Crippen molar-refractivity contribution in [3.05, 3.63) is 42.1 Å². The Bertz CT molecular complexity index is 1560. The summed E-state index contributed by atoms with van der Waals surface area (Å²) in [5.74, 6) is 0.993. The van der Waals surface area contributed by atoms with E-state index in [0.717, 1.165) is 10.8 Å². The lowest BCUT2D eigenvalue weighted by Gasteiger charge is -2.31. The van der Waals surface area contributed by atoms with E-state index in [2.05, 4.69) is 4.98 Å². The summed E-state index contributed by atoms with van der Waals surface area (Å²) in [7, 11) is 6.97. The van der Waals surface area contributed by atoms with Crippen molar-refractivity contribution in [2.24, 2.45) is 5.73 Å². The molecule has 0 saturated carbocycles. The number of nitrogens with two attached hydrogens (primary N) is 1. The van der Waals surface area contributed by atoms with Crippen LogP contribution in [0, 0.1) is 0 Å². The molecule has 1 aliphatic heterocycles. The largest absolute Gasteiger partial charge is 0.493 e. The first-order chi connectivity index (χ1) is 18.0. The number of pyridine rings is 1. The third kappa shape index (κ3) is 4.95. The molecule has 1 aromatic heterocycles. The minimum atomic E-state index is -1.02. The molecule has 0 atom stereocenters. The Kier molecular flexibility index (Phi) is 7.19. The maximum absolute atomic E-state index is 12.1. The number of hydrogen-bond acceptors (Lipinski definition) is 8. The summed E-state index contributed by atoms with van der Waals surface area (Å²) in [6.07, 6.45) is 2.08. The summed E-state index contributed by atoms with van der Waals surface area (Å²) >= 11 is 0. The van der Waals surface area contributed by atoms with Crippen molar-refractivity contribution in [3.63, 3.8) is 0 Å². The quantitative estimate of drug-likeness (QED) is 0.358. The van der Waals surface area contributed by atoms with Crippen LogP contribution in [0.4, 0.5) is 0 Å². The third-order valence-corrected chi connectivity index (χ3v) is 6.83. The molecular weight excluding hydrogens is 490 g/mol. The monoisotopic (exact) mass is 521 g/mol. The van der Waals surface area contributed by atoms with Crippen LogP contribution in [-0.2, 0) is 4.79 Å². The summed E-state index contributed by atoms with van der Waals surface area (Å²) in [4.78, 5) is 29.1. The summed E-state index contributed by atoms with van der Waals surface area (Å²) < 4.78 is 21.7. The number of carbonyl (C=O) groups is 2. The number of ether oxygens (including phenoxy) is 4. The Morgan fingerprint density at radius 2 is 1.63 bits per heavy atom. The van der Waals surface area contributed by atoms with Gasteiger partial charge in [0.2, 0.25) is 12.7 Å². The van der Waals surface area contributed by atoms with Gasteiger partial charge in [0.15, 0.2) is 23.0 Å². The molecule has 0 saturated heterocycles. The van der Waals surface area contributed by atoms with Crippen LogP contribution in [0.15, 0.2) is 36.5 Å². The Balaban J connectivity index is 0.000000289. The zero-order valence-electron chi connectivity index (χ0n) is 22.2. The minimum absolute atomic E-state index is 0.119. The van der Waals surface area contributed by atoms with Gasteiger partial charge < -0.3 is 34.7 Å². The second-order valence-corrected chi connectivity index (χ2v) is 9.78. The third-order valence-electron chi connectivity index (χ3n) is 6.83. The second kappa shape index (κ2) is 10.2. The van der Waals surface area contributed by atoms with E-state index in [1.165, 1.54) is 0 Å². The average Bonchev–Trinajstić information content (AvgIpc) is 3.32. The number of fused-ring (bicyclic) bond motifs is 6. The number of amides is 1. The predicted molar refractivity (Wildman–Crippen MR) is 145 cm³/mol. The van der Waals surface area contributed by atoms with Crippen molar-refractivity contribution in [2.45, 2.75) is 25.8 Å². The number of carboxylic acids is 1. The molecule has 2 heterocycles. The summed E-state index contributed by atoms with van der Waals surface area (Å²) in [5, 5.41) is 13.4. The number of aromatic nitrogens is 1. The molecule has 0 bridgehead atoms. The number of aromatic carboxylic acids is 1. The molecule has 38 heavy (non-hydrogen) atoms. The molecule has 0 unspecified atom stereocenters. The van der Waals surface area contributed by atoms with Gasteiger partial charge in [-0.1, -0.05) is 0 Å². The number of methoxy groups -OCH3 is 2. The van der Waals surface area contributed by atoms with E-state index in [4.69, 9.17) is 24.7 Å². The van der Waals surface area contributed by atoms with Crippen LogP contribution in [0.2, 0.25) is 0 Å². The molecule has 0 radical (unpaired) electrons. The highest BCUT2D eigenvalue weighted by Gasteiger charge is 2.23. The molecule has 10 heteroatoms. The lowest BCUT2D eigenvalue weighted by Crippen LogP contribution is -2.41. The SMILES string of the molecule is CN(C)C(C)(C)CC(N)=O.COc1cc2cc(C(=O)O)c3c4cc5c(cc4ncc3c2cc1OC)OCO5. The fourth-order valence-corrected chi connectivity index (χ4v) is 4.30. The molecule has 5 rings (SSSR count). The van der Waals surface area contributed by atoms with Gasteiger partial charge in [-0.25, -0.2) is 4.79 Å². The highest BCUT2D eigenvalue weighted by Crippen LogP contribution is 2.42. The number of carbonyl (C=O) groups excluding carboxylic acids is 1. The Morgan fingerprint density at radius 3 is 2.18 bits per heavy atom. The number of hydrogen-bond donors (Lipinski definition) is 2. The van der Waals surface area contributed by atoms with Crippen LogP contribution in [0.3, 0.4) is 0 Å². The van der Waals surface area contributed by atoms with E-state index in [1.807, 2.05) is 38.9 Å². The fourth-order valence-electron chi connectivity index (χ4n) is 4.30. The van der Waals surface area contributed by atoms with E-state index < -0.39 is 5.97 Å². The Morgan fingerprint density at radius 1 is 1.00 bits per heavy atom. The first-order valence-electron chi connectivity index (χ1n) is 11.9. The van der Waals surface area contributed by atoms with Gasteiger partial charge in [0.25, 0.3) is 0 Å². The standard InChI is InChI=1S/C21H15NO6.C7H16N2O/c1-25-16-4-10-3-13(21(23)24)20-12-6-18-19(28-9-27-18)7-15(12)22-8-14(20)11(10)5-17(16)26-2;1-7(2,9(3)4)5-6(8)10/h3-8H,9H2,1-2H3,(H,23,24);5H2,1-4H3,(H2,8,10). The normalized spacial score (nSPS) is 12.5. The van der Waals surface area contributed by atoms with E-state index in [9.17, 15) is 14.7 Å². The van der Waals surface area contributed by atoms with E-state index in [1.54, 1.807) is 44.7 Å². The van der Waals surface area contributed by atoms with Crippen molar-refractivity contribution in [2.75, 3.05) is 35.1 Å². The molecule has 0 aliphatic carbocycles. The van der Waals surface area contributed by atoms with Gasteiger partial charge >= 0.3 is 5.97 Å². The molecule has 3 aromatic carbocycles. The molecule has 4 aromatic rings. The molecular formula is C28H31N3O7. The van der Waals surface area contributed by atoms with E-state index in [-0.39, 0.29) is 23.8 Å². The number of benzene rings is 3. The van der Waals surface area contributed by atoms with Crippen LogP contribution >= 0.6 is 0 Å². The van der Waals surface area contributed by atoms with Gasteiger partial charge in [0.05, 0.1) is 25.3 Å². The zero-order chi connectivity index (χ0) is 27.8. The molecule has 1 aliphatic rings. The number of primary amides is 1. The Labute approximate surface area is 219 Å². The van der Waals surface area contributed by atoms with Gasteiger partial charge in [-0.15, -0.1) is 0 Å². The molecule has 1 amide bonds. The average molecular weight is 522 g/mol. The van der Waals surface area contributed by atoms with Crippen molar-refractivity contribution >= 4 is 44.3 Å². The lowest BCUT2D eigenvalue weighted by molar-refractivity contribution is -0.120. The fraction of sp³-hybridized carbons (Fsp3) is 0.321. The van der Waals surface area contributed by atoms with Crippen LogP contribution in [-0.4, -0.2) is 67.5 Å². The van der Waals surface area contributed by atoms with Gasteiger partial charge in [-0.05, 0) is 63.0 Å². The second-order valence-electron chi connectivity index (χ2n) is 9.78. The van der Waals surface area contributed by atoms with Crippen LogP contribution in [0.25, 0.3) is 32.4 Å². The highest BCUT2D eigenvalue weighted by atomic mass is 16.7. The van der Waals surface area contributed by atoms with E-state index >= 15 is 0 Å². The summed E-state index contributed by atoms with van der Waals surface area (Å²) in [6, 6.07) is 8.80. The first-order valence-corrected chi connectivity index (χ1v) is 11.9. The van der Waals surface area contributed by atoms with Gasteiger partial charge in [-0.3, -0.25) is 9.78 Å². The number of nitrogens with zero attached hydrogens (tertiary/aromatic N) is 2. The van der Waals surface area contributed by atoms with Crippen LogP contribution < -0.4 is 24.7 Å².